The first kappa shape index (κ1) is 26.3. The van der Waals surface area contributed by atoms with Crippen LogP contribution in [0.15, 0.2) is 59.1 Å². The van der Waals surface area contributed by atoms with Crippen molar-refractivity contribution in [2.75, 3.05) is 13.1 Å². The molecule has 2 fully saturated rings. The minimum atomic E-state index is -0.361. The molecular formula is C31H38FN3O3. The summed E-state index contributed by atoms with van der Waals surface area (Å²) in [4.78, 5) is 30.4. The van der Waals surface area contributed by atoms with Crippen molar-refractivity contribution in [3.05, 3.63) is 83.3 Å². The van der Waals surface area contributed by atoms with E-state index < -0.39 is 0 Å². The van der Waals surface area contributed by atoms with Crippen molar-refractivity contribution in [1.82, 2.24) is 14.4 Å². The van der Waals surface area contributed by atoms with Crippen LogP contribution >= 0.6 is 0 Å². The Balaban J connectivity index is 1.27. The van der Waals surface area contributed by atoms with Gasteiger partial charge in [0.2, 0.25) is 0 Å². The number of likely N-dealkylation sites (tertiary alicyclic amines) is 1. The molecule has 0 N–H and O–H groups in total. The highest BCUT2D eigenvalue weighted by atomic mass is 19.1. The first-order valence-electron chi connectivity index (χ1n) is 13.6. The van der Waals surface area contributed by atoms with Gasteiger partial charge in [0.25, 0.3) is 11.8 Å². The molecule has 1 saturated carbocycles. The monoisotopic (exact) mass is 519 g/mol. The molecule has 1 aromatic carbocycles. The summed E-state index contributed by atoms with van der Waals surface area (Å²) in [6.45, 7) is 11.2. The van der Waals surface area contributed by atoms with Gasteiger partial charge >= 0.3 is 0 Å². The molecule has 2 bridgehead atoms. The van der Waals surface area contributed by atoms with E-state index in [4.69, 9.17) is 4.42 Å². The Labute approximate surface area is 224 Å². The predicted molar refractivity (Wildman–Crippen MR) is 144 cm³/mol. The average Bonchev–Trinajstić information content (AvgIpc) is 3.56. The smallest absolute Gasteiger partial charge is 0.289 e. The number of halogens is 1. The molecule has 2 atom stereocenters. The maximum atomic E-state index is 13.4. The minimum Gasteiger partial charge on any atom is -0.454 e. The number of nitrogens with zero attached hydrogens (tertiary/aromatic N) is 3. The van der Waals surface area contributed by atoms with Crippen molar-refractivity contribution in [3.63, 3.8) is 0 Å². The molecule has 6 nitrogen and oxygen atoms in total. The van der Waals surface area contributed by atoms with Crippen LogP contribution in [0.1, 0.15) is 85.7 Å². The van der Waals surface area contributed by atoms with Gasteiger partial charge in [-0.15, -0.1) is 0 Å². The van der Waals surface area contributed by atoms with Gasteiger partial charge in [-0.25, -0.2) is 4.39 Å². The molecule has 38 heavy (non-hydrogen) atoms. The molecular weight excluding hydrogens is 481 g/mol. The topological polar surface area (TPSA) is 58.7 Å². The van der Waals surface area contributed by atoms with Crippen molar-refractivity contribution >= 4 is 11.8 Å². The third-order valence-electron chi connectivity index (χ3n) is 8.02. The van der Waals surface area contributed by atoms with E-state index in [1.54, 1.807) is 11.0 Å². The Morgan fingerprint density at radius 2 is 1.84 bits per heavy atom. The fraction of sp³-hybridized carbons (Fsp3) is 0.484. The summed E-state index contributed by atoms with van der Waals surface area (Å²) >= 11 is 0. The maximum absolute atomic E-state index is 13.4. The molecule has 1 saturated heterocycles. The number of benzene rings is 1. The Kier molecular flexibility index (Phi) is 6.97. The molecule has 2 amide bonds. The standard InChI is InChI=1S/C31H38FN3O3/c1-5-14-34(28(36)22-8-10-23(32)11-9-22)18-24-7-6-15-33(24)19-26-12-13-27(38-26)29(37)35-21-31(4)17-25(35)16-30(2,3)20-31/h6-13,15,25H,5,14,16-21H2,1-4H3. The zero-order valence-electron chi connectivity index (χ0n) is 22.9. The number of aromatic nitrogens is 1. The van der Waals surface area contributed by atoms with E-state index in [0.29, 0.717) is 36.7 Å². The van der Waals surface area contributed by atoms with Gasteiger partial charge in [-0.1, -0.05) is 27.7 Å². The van der Waals surface area contributed by atoms with E-state index in [0.717, 1.165) is 37.9 Å². The first-order chi connectivity index (χ1) is 18.1. The number of carbonyl (C=O) groups excluding carboxylic acids is 2. The first-order valence-corrected chi connectivity index (χ1v) is 13.6. The third kappa shape index (κ3) is 5.42. The number of carbonyl (C=O) groups is 2. The summed E-state index contributed by atoms with van der Waals surface area (Å²) in [6.07, 6.45) is 6.00. The molecule has 7 heteroatoms. The summed E-state index contributed by atoms with van der Waals surface area (Å²) in [6, 6.07) is 13.5. The Bertz CT molecular complexity index is 1310. The molecule has 3 heterocycles. The fourth-order valence-electron chi connectivity index (χ4n) is 6.82. The highest BCUT2D eigenvalue weighted by Gasteiger charge is 2.51. The molecule has 1 aliphatic heterocycles. The van der Waals surface area contributed by atoms with Crippen LogP contribution in [-0.2, 0) is 13.1 Å². The quantitative estimate of drug-likeness (QED) is 0.348. The molecule has 202 valence electrons. The SMILES string of the molecule is CCCN(Cc1cccn1Cc1ccc(C(=O)N2CC3(C)CC2CC(C)(C)C3)o1)C(=O)c1ccc(F)cc1. The van der Waals surface area contributed by atoms with Gasteiger partial charge in [-0.05, 0) is 85.0 Å². The van der Waals surface area contributed by atoms with Crippen molar-refractivity contribution in [2.24, 2.45) is 10.8 Å². The molecule has 1 aliphatic carbocycles. The van der Waals surface area contributed by atoms with Crippen LogP contribution in [-0.4, -0.2) is 45.3 Å². The second kappa shape index (κ2) is 10.1. The highest BCUT2D eigenvalue weighted by Crippen LogP contribution is 2.52. The number of fused-ring (bicyclic) bond motifs is 2. The van der Waals surface area contributed by atoms with E-state index in [1.165, 1.54) is 24.3 Å². The Hall–Kier alpha value is -3.35. The number of rotatable bonds is 8. The van der Waals surface area contributed by atoms with Gasteiger partial charge in [0.1, 0.15) is 11.6 Å². The molecule has 2 unspecified atom stereocenters. The predicted octanol–water partition coefficient (Wildman–Crippen LogP) is 6.36. The number of hydrogen-bond donors (Lipinski definition) is 0. The Morgan fingerprint density at radius 3 is 2.58 bits per heavy atom. The molecule has 3 aromatic rings. The lowest BCUT2D eigenvalue weighted by Crippen LogP contribution is -2.37. The van der Waals surface area contributed by atoms with Crippen LogP contribution < -0.4 is 0 Å². The van der Waals surface area contributed by atoms with Crippen LogP contribution in [0.3, 0.4) is 0 Å². The summed E-state index contributed by atoms with van der Waals surface area (Å²) < 4.78 is 21.5. The molecule has 5 rings (SSSR count). The third-order valence-corrected chi connectivity index (χ3v) is 8.02. The van der Waals surface area contributed by atoms with Gasteiger partial charge in [0, 0.05) is 36.6 Å². The number of hydrogen-bond acceptors (Lipinski definition) is 3. The van der Waals surface area contributed by atoms with Gasteiger partial charge in [0.15, 0.2) is 5.76 Å². The van der Waals surface area contributed by atoms with E-state index in [9.17, 15) is 14.0 Å². The molecule has 0 spiro atoms. The minimum absolute atomic E-state index is 0.0191. The highest BCUT2D eigenvalue weighted by molar-refractivity contribution is 5.94. The van der Waals surface area contributed by atoms with Crippen LogP contribution in [0.25, 0.3) is 0 Å². The zero-order chi connectivity index (χ0) is 27.1. The average molecular weight is 520 g/mol. The molecule has 0 radical (unpaired) electrons. The van der Waals surface area contributed by atoms with E-state index in [-0.39, 0.29) is 34.5 Å². The van der Waals surface area contributed by atoms with Crippen LogP contribution in [0.2, 0.25) is 0 Å². The van der Waals surface area contributed by atoms with E-state index in [1.807, 2.05) is 40.8 Å². The second-order valence-electron chi connectivity index (χ2n) is 12.3. The molecule has 2 aromatic heterocycles. The largest absolute Gasteiger partial charge is 0.454 e. The number of furan rings is 1. The van der Waals surface area contributed by atoms with Crippen LogP contribution in [0, 0.1) is 16.6 Å². The summed E-state index contributed by atoms with van der Waals surface area (Å²) in [5.74, 6) is 0.584. The van der Waals surface area contributed by atoms with Crippen molar-refractivity contribution in [1.29, 1.82) is 0 Å². The van der Waals surface area contributed by atoms with Gasteiger partial charge in [-0.2, -0.15) is 0 Å². The van der Waals surface area contributed by atoms with Crippen molar-refractivity contribution < 1.29 is 18.4 Å². The summed E-state index contributed by atoms with van der Waals surface area (Å²) in [7, 11) is 0. The van der Waals surface area contributed by atoms with E-state index in [2.05, 4.69) is 20.8 Å². The fourth-order valence-corrected chi connectivity index (χ4v) is 6.82. The normalized spacial score (nSPS) is 22.0. The van der Waals surface area contributed by atoms with Gasteiger partial charge < -0.3 is 18.8 Å². The summed E-state index contributed by atoms with van der Waals surface area (Å²) in [5, 5.41) is 0. The van der Waals surface area contributed by atoms with Gasteiger partial charge in [-0.3, -0.25) is 9.59 Å². The lowest BCUT2D eigenvalue weighted by atomic mass is 9.65. The zero-order valence-corrected chi connectivity index (χ0v) is 22.9. The second-order valence-corrected chi connectivity index (χ2v) is 12.3. The van der Waals surface area contributed by atoms with Crippen molar-refractivity contribution in [2.45, 2.75) is 72.5 Å². The summed E-state index contributed by atoms with van der Waals surface area (Å²) in [5.41, 5.74) is 1.85. The van der Waals surface area contributed by atoms with Gasteiger partial charge in [0.05, 0.1) is 13.1 Å². The number of amides is 2. The van der Waals surface area contributed by atoms with Crippen LogP contribution in [0.4, 0.5) is 4.39 Å². The van der Waals surface area contributed by atoms with E-state index >= 15 is 0 Å². The van der Waals surface area contributed by atoms with Crippen molar-refractivity contribution in [3.8, 4) is 0 Å². The Morgan fingerprint density at radius 1 is 1.08 bits per heavy atom. The maximum Gasteiger partial charge on any atom is 0.289 e. The lowest BCUT2D eigenvalue weighted by molar-refractivity contribution is 0.0673. The van der Waals surface area contributed by atoms with Crippen LogP contribution in [0.5, 0.6) is 0 Å². The lowest BCUT2D eigenvalue weighted by Gasteiger charge is -2.39. The molecule has 2 aliphatic rings.